The number of unbranched alkanes of at least 4 members (excludes halogenated alkanes) is 5. The molecule has 0 bridgehead atoms. The van der Waals surface area contributed by atoms with Crippen molar-refractivity contribution < 1.29 is 20.1 Å². The summed E-state index contributed by atoms with van der Waals surface area (Å²) in [6, 6.07) is 12.7. The molecule has 19 heavy (non-hydrogen) atoms. The Kier molecular flexibility index (Phi) is 7.93. The fourth-order valence-electron chi connectivity index (χ4n) is 2.33. The Labute approximate surface area is 130 Å². The van der Waals surface area contributed by atoms with Gasteiger partial charge in [-0.15, -0.1) is 0 Å². The van der Waals surface area contributed by atoms with Gasteiger partial charge in [0.2, 0.25) is 0 Å². The number of para-hydroxylation sites is 1. The predicted molar refractivity (Wildman–Crippen MR) is 78.8 cm³/mol. The van der Waals surface area contributed by atoms with Crippen molar-refractivity contribution in [1.29, 1.82) is 0 Å². The topological polar surface area (TPSA) is 12.9 Å². The second-order valence-electron chi connectivity index (χ2n) is 5.01. The predicted octanol–water partition coefficient (Wildman–Crippen LogP) is 5.14. The number of aromatic nitrogens is 1. The average molecular weight is 434 g/mol. The quantitative estimate of drug-likeness (QED) is 0.551. The molecule has 0 spiro atoms. The monoisotopic (exact) mass is 434 g/mol. The van der Waals surface area contributed by atoms with E-state index in [0.717, 1.165) is 11.9 Å². The van der Waals surface area contributed by atoms with E-state index in [4.69, 9.17) is 4.98 Å². The van der Waals surface area contributed by atoms with Crippen LogP contribution in [0.2, 0.25) is 0 Å². The van der Waals surface area contributed by atoms with Gasteiger partial charge in [0, 0.05) is 31.2 Å². The van der Waals surface area contributed by atoms with Crippen LogP contribution in [0.1, 0.15) is 51.1 Å². The zero-order chi connectivity index (χ0) is 12.6. The Morgan fingerprint density at radius 3 is 2.42 bits per heavy atom. The Hall–Kier alpha value is -0.721. The number of pyridine rings is 1. The number of benzene rings is 1. The normalized spacial score (nSPS) is 10.4. The molecule has 0 atom stereocenters. The summed E-state index contributed by atoms with van der Waals surface area (Å²) in [4.78, 5) is 4.71. The first-order valence-electron chi connectivity index (χ1n) is 7.25. The maximum atomic E-state index is 4.71. The van der Waals surface area contributed by atoms with Crippen LogP contribution in [0.3, 0.4) is 0 Å². The maximum absolute atomic E-state index is 4.71. The van der Waals surface area contributed by atoms with Crippen LogP contribution in [-0.4, -0.2) is 4.98 Å². The van der Waals surface area contributed by atoms with Crippen LogP contribution >= 0.6 is 0 Å². The Morgan fingerprint density at radius 1 is 0.842 bits per heavy atom. The molecule has 0 fully saturated rings. The van der Waals surface area contributed by atoms with Gasteiger partial charge in [-0.25, -0.2) is 0 Å². The molecule has 2 rings (SSSR count). The minimum atomic E-state index is 0. The third-order valence-corrected chi connectivity index (χ3v) is 3.44. The number of hydrogen-bond donors (Lipinski definition) is 0. The molecule has 1 heterocycles. The second kappa shape index (κ2) is 9.23. The van der Waals surface area contributed by atoms with Crippen LogP contribution in [0.15, 0.2) is 36.4 Å². The average Bonchev–Trinajstić information content (AvgIpc) is 2.42. The van der Waals surface area contributed by atoms with E-state index in [0.29, 0.717) is 0 Å². The summed E-state index contributed by atoms with van der Waals surface area (Å²) < 4.78 is 0. The zero-order valence-corrected chi connectivity index (χ0v) is 14.1. The summed E-state index contributed by atoms with van der Waals surface area (Å²) in [6.45, 7) is 2.26. The molecule has 0 aliphatic carbocycles. The molecule has 0 aliphatic rings. The maximum Gasteiger partial charge on any atom is 0.0705 e. The van der Waals surface area contributed by atoms with Crippen molar-refractivity contribution in [3.05, 3.63) is 42.1 Å². The summed E-state index contributed by atoms with van der Waals surface area (Å²) in [5, 5.41) is 1.24. The Morgan fingerprint density at radius 2 is 1.58 bits per heavy atom. The molecular formula is C17H23IrN. The molecule has 0 saturated heterocycles. The first-order valence-corrected chi connectivity index (χ1v) is 7.25. The van der Waals surface area contributed by atoms with Crippen molar-refractivity contribution in [2.75, 3.05) is 0 Å². The van der Waals surface area contributed by atoms with Gasteiger partial charge in [-0.1, -0.05) is 63.3 Å². The van der Waals surface area contributed by atoms with Gasteiger partial charge in [0.1, 0.15) is 0 Å². The minimum Gasteiger partial charge on any atom is -0.253 e. The zero-order valence-electron chi connectivity index (χ0n) is 11.7. The largest absolute Gasteiger partial charge is 0.253 e. The molecule has 0 aliphatic heterocycles. The van der Waals surface area contributed by atoms with Crippen LogP contribution in [0.25, 0.3) is 10.9 Å². The first kappa shape index (κ1) is 16.3. The number of nitrogens with zero attached hydrogens (tertiary/aromatic N) is 1. The van der Waals surface area contributed by atoms with Crippen molar-refractivity contribution in [1.82, 2.24) is 4.98 Å². The van der Waals surface area contributed by atoms with Gasteiger partial charge in [-0.05, 0) is 25.0 Å². The van der Waals surface area contributed by atoms with Gasteiger partial charge < -0.3 is 0 Å². The van der Waals surface area contributed by atoms with E-state index >= 15 is 0 Å². The van der Waals surface area contributed by atoms with Gasteiger partial charge in [-0.3, -0.25) is 4.98 Å². The van der Waals surface area contributed by atoms with Gasteiger partial charge in [0.15, 0.2) is 0 Å². The molecule has 105 valence electrons. The van der Waals surface area contributed by atoms with E-state index in [1.54, 1.807) is 0 Å². The summed E-state index contributed by atoms with van der Waals surface area (Å²) in [5.41, 5.74) is 2.37. The molecule has 2 aromatic rings. The summed E-state index contributed by atoms with van der Waals surface area (Å²) in [5.74, 6) is 0. The number of aryl methyl sites for hydroxylation is 1. The fourth-order valence-corrected chi connectivity index (χ4v) is 2.33. The van der Waals surface area contributed by atoms with Crippen LogP contribution in [-0.2, 0) is 26.5 Å². The van der Waals surface area contributed by atoms with Gasteiger partial charge >= 0.3 is 0 Å². The minimum absolute atomic E-state index is 0. The van der Waals surface area contributed by atoms with Crippen molar-refractivity contribution in [2.24, 2.45) is 0 Å². The smallest absolute Gasteiger partial charge is 0.0705 e. The molecule has 0 unspecified atom stereocenters. The van der Waals surface area contributed by atoms with Crippen LogP contribution < -0.4 is 0 Å². The number of fused-ring (bicyclic) bond motifs is 1. The summed E-state index contributed by atoms with van der Waals surface area (Å²) in [6.07, 6.45) is 9.21. The van der Waals surface area contributed by atoms with Gasteiger partial charge in [-0.2, -0.15) is 0 Å². The summed E-state index contributed by atoms with van der Waals surface area (Å²) in [7, 11) is 0. The van der Waals surface area contributed by atoms with Crippen molar-refractivity contribution in [3.8, 4) is 0 Å². The number of rotatable bonds is 7. The van der Waals surface area contributed by atoms with Crippen molar-refractivity contribution in [3.63, 3.8) is 0 Å². The molecule has 1 nitrogen and oxygen atoms in total. The second-order valence-corrected chi connectivity index (χ2v) is 5.01. The molecule has 0 saturated carbocycles. The van der Waals surface area contributed by atoms with Crippen LogP contribution in [0, 0.1) is 0 Å². The molecule has 0 amide bonds. The standard InChI is InChI=1S/C17H23N.Ir/c1-2-3-4-5-6-7-11-16-14-13-15-10-8-9-12-17(15)18-16;/h8-10,12-14H,2-7,11H2,1H3;. The van der Waals surface area contributed by atoms with Crippen LogP contribution in [0.5, 0.6) is 0 Å². The molecule has 1 radical (unpaired) electrons. The summed E-state index contributed by atoms with van der Waals surface area (Å²) >= 11 is 0. The molecule has 2 heteroatoms. The third-order valence-electron chi connectivity index (χ3n) is 3.44. The Bertz CT molecular complexity index is 481. The van der Waals surface area contributed by atoms with Crippen LogP contribution in [0.4, 0.5) is 0 Å². The third kappa shape index (κ3) is 5.42. The molecule has 1 aromatic carbocycles. The molecule has 0 N–H and O–H groups in total. The van der Waals surface area contributed by atoms with E-state index in [1.165, 1.54) is 49.6 Å². The van der Waals surface area contributed by atoms with E-state index in [-0.39, 0.29) is 20.1 Å². The molecular weight excluding hydrogens is 410 g/mol. The van der Waals surface area contributed by atoms with E-state index in [2.05, 4.69) is 43.3 Å². The van der Waals surface area contributed by atoms with Crippen molar-refractivity contribution in [2.45, 2.75) is 51.9 Å². The fraction of sp³-hybridized carbons (Fsp3) is 0.471. The first-order chi connectivity index (χ1) is 8.90. The number of hydrogen-bond acceptors (Lipinski definition) is 1. The van der Waals surface area contributed by atoms with Crippen molar-refractivity contribution >= 4 is 10.9 Å². The van der Waals surface area contributed by atoms with Gasteiger partial charge in [0.25, 0.3) is 0 Å². The SMILES string of the molecule is CCCCCCCCc1ccc2ccccc2n1.[Ir]. The Balaban J connectivity index is 0.00000180. The van der Waals surface area contributed by atoms with E-state index < -0.39 is 0 Å². The van der Waals surface area contributed by atoms with Gasteiger partial charge in [0.05, 0.1) is 5.52 Å². The van der Waals surface area contributed by atoms with E-state index in [9.17, 15) is 0 Å². The molecule has 1 aromatic heterocycles. The van der Waals surface area contributed by atoms with E-state index in [1.807, 2.05) is 0 Å².